The first-order valence-corrected chi connectivity index (χ1v) is 6.55. The Morgan fingerprint density at radius 2 is 2.17 bits per heavy atom. The van der Waals surface area contributed by atoms with Crippen LogP contribution in [0.25, 0.3) is 0 Å². The number of carbonyl (C=O) groups is 1. The van der Waals surface area contributed by atoms with E-state index in [1.54, 1.807) is 0 Å². The molecule has 4 heteroatoms. The minimum Gasteiger partial charge on any atom is -0.445 e. The summed E-state index contributed by atoms with van der Waals surface area (Å²) in [5.41, 5.74) is 1.03. The van der Waals surface area contributed by atoms with Gasteiger partial charge in [0, 0.05) is 12.6 Å². The van der Waals surface area contributed by atoms with Gasteiger partial charge < -0.3 is 15.0 Å². The summed E-state index contributed by atoms with van der Waals surface area (Å²) in [7, 11) is 0. The maximum absolute atomic E-state index is 12.0. The highest BCUT2D eigenvalue weighted by Gasteiger charge is 2.40. The zero-order valence-corrected chi connectivity index (χ0v) is 10.3. The molecular weight excluding hydrogens is 228 g/mol. The van der Waals surface area contributed by atoms with Gasteiger partial charge in [-0.15, -0.1) is 0 Å². The van der Waals surface area contributed by atoms with Crippen LogP contribution in [0.1, 0.15) is 18.4 Å². The average molecular weight is 246 g/mol. The van der Waals surface area contributed by atoms with Gasteiger partial charge in [-0.05, 0) is 24.9 Å². The van der Waals surface area contributed by atoms with Gasteiger partial charge in [-0.1, -0.05) is 30.3 Å². The van der Waals surface area contributed by atoms with E-state index in [1.165, 1.54) is 0 Å². The second kappa shape index (κ2) is 4.98. The van der Waals surface area contributed by atoms with E-state index in [0.717, 1.165) is 31.5 Å². The second-order valence-electron chi connectivity index (χ2n) is 4.94. The van der Waals surface area contributed by atoms with E-state index in [9.17, 15) is 4.79 Å². The van der Waals surface area contributed by atoms with E-state index in [4.69, 9.17) is 4.74 Å². The molecule has 0 radical (unpaired) electrons. The van der Waals surface area contributed by atoms with E-state index in [1.807, 2.05) is 35.2 Å². The zero-order chi connectivity index (χ0) is 12.4. The van der Waals surface area contributed by atoms with E-state index in [-0.39, 0.29) is 6.09 Å². The summed E-state index contributed by atoms with van der Waals surface area (Å²) in [5.74, 6) is 0. The number of ether oxygens (including phenoxy) is 1. The summed E-state index contributed by atoms with van der Waals surface area (Å²) < 4.78 is 5.38. The lowest BCUT2D eigenvalue weighted by atomic mass is 10.1. The van der Waals surface area contributed by atoms with Gasteiger partial charge in [0.05, 0.1) is 6.04 Å². The van der Waals surface area contributed by atoms with Gasteiger partial charge in [0.25, 0.3) is 0 Å². The van der Waals surface area contributed by atoms with Crippen LogP contribution in [0.4, 0.5) is 4.79 Å². The Kier molecular flexibility index (Phi) is 3.19. The topological polar surface area (TPSA) is 41.6 Å². The summed E-state index contributed by atoms with van der Waals surface area (Å²) in [6, 6.07) is 10.6. The Labute approximate surface area is 107 Å². The van der Waals surface area contributed by atoms with Crippen molar-refractivity contribution in [2.75, 3.05) is 13.1 Å². The van der Waals surface area contributed by atoms with Crippen LogP contribution in [0.3, 0.4) is 0 Å². The number of carbonyl (C=O) groups excluding carboxylic acids is 1. The first kappa shape index (κ1) is 11.5. The number of fused-ring (bicyclic) bond motifs is 1. The SMILES string of the molecule is O=C(OCc1ccccc1)N1CC[C@@H]2NCC[C@H]21. The van der Waals surface area contributed by atoms with Crippen molar-refractivity contribution >= 4 is 6.09 Å². The number of benzene rings is 1. The predicted molar refractivity (Wildman–Crippen MR) is 68.1 cm³/mol. The van der Waals surface area contributed by atoms with Crippen LogP contribution >= 0.6 is 0 Å². The number of nitrogens with one attached hydrogen (secondary N) is 1. The molecule has 0 aromatic heterocycles. The van der Waals surface area contributed by atoms with Crippen LogP contribution < -0.4 is 5.32 Å². The highest BCUT2D eigenvalue weighted by molar-refractivity contribution is 5.68. The largest absolute Gasteiger partial charge is 0.445 e. The smallest absolute Gasteiger partial charge is 0.410 e. The van der Waals surface area contributed by atoms with Gasteiger partial charge in [0.2, 0.25) is 0 Å². The molecule has 0 saturated carbocycles. The highest BCUT2D eigenvalue weighted by atomic mass is 16.6. The molecule has 0 unspecified atom stereocenters. The zero-order valence-electron chi connectivity index (χ0n) is 10.3. The molecule has 0 spiro atoms. The fourth-order valence-corrected chi connectivity index (χ4v) is 2.89. The third-order valence-corrected chi connectivity index (χ3v) is 3.83. The molecule has 3 rings (SSSR count). The van der Waals surface area contributed by atoms with Gasteiger partial charge in [-0.25, -0.2) is 4.79 Å². The number of likely N-dealkylation sites (tertiary alicyclic amines) is 1. The lowest BCUT2D eigenvalue weighted by Gasteiger charge is -2.22. The third kappa shape index (κ3) is 2.20. The molecule has 96 valence electrons. The van der Waals surface area contributed by atoms with Crippen molar-refractivity contribution in [3.63, 3.8) is 0 Å². The summed E-state index contributed by atoms with van der Waals surface area (Å²) in [5, 5.41) is 3.43. The molecule has 1 amide bonds. The Morgan fingerprint density at radius 1 is 1.33 bits per heavy atom. The Hall–Kier alpha value is -1.55. The highest BCUT2D eigenvalue weighted by Crippen LogP contribution is 2.25. The van der Waals surface area contributed by atoms with Crippen LogP contribution in [-0.2, 0) is 11.3 Å². The standard InChI is InChI=1S/C14H18N2O2/c17-14(18-10-11-4-2-1-3-5-11)16-9-7-12-13(16)6-8-15-12/h1-5,12-13,15H,6-10H2/t12-,13+/m0/s1. The maximum Gasteiger partial charge on any atom is 0.410 e. The Morgan fingerprint density at radius 3 is 3.00 bits per heavy atom. The van der Waals surface area contributed by atoms with Crippen LogP contribution in [0, 0.1) is 0 Å². The number of rotatable bonds is 2. The van der Waals surface area contributed by atoms with Crippen molar-refractivity contribution < 1.29 is 9.53 Å². The first-order chi connectivity index (χ1) is 8.84. The fourth-order valence-electron chi connectivity index (χ4n) is 2.89. The van der Waals surface area contributed by atoms with Gasteiger partial charge in [-0.3, -0.25) is 0 Å². The van der Waals surface area contributed by atoms with E-state index >= 15 is 0 Å². The molecule has 0 bridgehead atoms. The number of nitrogens with zero attached hydrogens (tertiary/aromatic N) is 1. The molecule has 2 aliphatic heterocycles. The predicted octanol–water partition coefficient (Wildman–Crippen LogP) is 1.76. The summed E-state index contributed by atoms with van der Waals surface area (Å²) >= 11 is 0. The van der Waals surface area contributed by atoms with Crippen molar-refractivity contribution in [1.82, 2.24) is 10.2 Å². The molecule has 2 saturated heterocycles. The molecule has 4 nitrogen and oxygen atoms in total. The van der Waals surface area contributed by atoms with Crippen LogP contribution in [0.5, 0.6) is 0 Å². The van der Waals surface area contributed by atoms with E-state index in [0.29, 0.717) is 18.7 Å². The van der Waals surface area contributed by atoms with Gasteiger partial charge in [0.15, 0.2) is 0 Å². The van der Waals surface area contributed by atoms with Crippen LogP contribution in [0.2, 0.25) is 0 Å². The Bertz CT molecular complexity index is 421. The van der Waals surface area contributed by atoms with E-state index < -0.39 is 0 Å². The third-order valence-electron chi connectivity index (χ3n) is 3.83. The lowest BCUT2D eigenvalue weighted by Crippen LogP contribution is -2.38. The number of hydrogen-bond donors (Lipinski definition) is 1. The molecule has 0 aliphatic carbocycles. The molecule has 1 aromatic rings. The summed E-state index contributed by atoms with van der Waals surface area (Å²) in [4.78, 5) is 13.9. The molecule has 2 heterocycles. The molecule has 2 aliphatic rings. The van der Waals surface area contributed by atoms with Crippen molar-refractivity contribution in [2.24, 2.45) is 0 Å². The summed E-state index contributed by atoms with van der Waals surface area (Å²) in [6.45, 7) is 2.19. The van der Waals surface area contributed by atoms with Crippen LogP contribution in [0.15, 0.2) is 30.3 Å². The molecule has 18 heavy (non-hydrogen) atoms. The lowest BCUT2D eigenvalue weighted by molar-refractivity contribution is 0.0922. The first-order valence-electron chi connectivity index (χ1n) is 6.55. The van der Waals surface area contributed by atoms with E-state index in [2.05, 4.69) is 5.32 Å². The molecular formula is C14H18N2O2. The molecule has 2 fully saturated rings. The number of amides is 1. The van der Waals surface area contributed by atoms with Crippen molar-refractivity contribution in [3.8, 4) is 0 Å². The van der Waals surface area contributed by atoms with Crippen LogP contribution in [-0.4, -0.2) is 36.2 Å². The minimum atomic E-state index is -0.171. The van der Waals surface area contributed by atoms with Gasteiger partial charge in [0.1, 0.15) is 6.61 Å². The minimum absolute atomic E-state index is 0.171. The van der Waals surface area contributed by atoms with Gasteiger partial charge in [-0.2, -0.15) is 0 Å². The number of hydrogen-bond acceptors (Lipinski definition) is 3. The molecule has 2 atom stereocenters. The maximum atomic E-state index is 12.0. The monoisotopic (exact) mass is 246 g/mol. The average Bonchev–Trinajstić information content (AvgIpc) is 2.99. The normalized spacial score (nSPS) is 26.1. The molecule has 1 aromatic carbocycles. The second-order valence-corrected chi connectivity index (χ2v) is 4.94. The fraction of sp³-hybridized carbons (Fsp3) is 0.500. The Balaban J connectivity index is 1.56. The van der Waals surface area contributed by atoms with Crippen molar-refractivity contribution in [2.45, 2.75) is 31.5 Å². The van der Waals surface area contributed by atoms with Crippen molar-refractivity contribution in [3.05, 3.63) is 35.9 Å². The molecule has 1 N–H and O–H groups in total. The van der Waals surface area contributed by atoms with Gasteiger partial charge >= 0.3 is 6.09 Å². The quantitative estimate of drug-likeness (QED) is 0.864. The summed E-state index contributed by atoms with van der Waals surface area (Å²) in [6.07, 6.45) is 1.92. The van der Waals surface area contributed by atoms with Crippen molar-refractivity contribution in [1.29, 1.82) is 0 Å².